The van der Waals surface area contributed by atoms with Crippen molar-refractivity contribution in [1.29, 1.82) is 0 Å². The molecule has 0 amide bonds. The molecule has 4 rings (SSSR count). The van der Waals surface area contributed by atoms with Crippen LogP contribution < -0.4 is 15.9 Å². The number of benzene rings is 4. The maximum Gasteiger partial charge on any atom is 0.177 e. The summed E-state index contributed by atoms with van der Waals surface area (Å²) in [4.78, 5) is 0. The molecule has 0 unspecified atom stereocenters. The molecule has 0 heterocycles. The highest BCUT2D eigenvalue weighted by molar-refractivity contribution is 7.86. The van der Waals surface area contributed by atoms with Gasteiger partial charge in [-0.25, -0.2) is 0 Å². The smallest absolute Gasteiger partial charge is 0.177 e. The maximum atomic E-state index is 15.0. The fourth-order valence-corrected chi connectivity index (χ4v) is 8.68. The fourth-order valence-electron chi connectivity index (χ4n) is 3.42. The topological polar surface area (TPSA) is 17.1 Å². The zero-order valence-electron chi connectivity index (χ0n) is 14.4. The predicted molar refractivity (Wildman–Crippen MR) is 123 cm³/mol. The van der Waals surface area contributed by atoms with Crippen LogP contribution in [0, 0.1) is 0 Å². The van der Waals surface area contributed by atoms with Gasteiger partial charge in [-0.1, -0.05) is 101 Å². The minimum Gasteiger partial charge on any atom is -0.308 e. The number of fused-ring (bicyclic) bond motifs is 1. The standard InChI is InChI=1S/C22H13Cl4OP/c23-16-9-4-10-17(24)21(16)28(27,22-18(25)11-5-12-19(22)26)20-13-3-7-14-6-1-2-8-15(14)20/h1-13H. The van der Waals surface area contributed by atoms with Crippen LogP contribution in [0.5, 0.6) is 0 Å². The molecule has 4 aromatic carbocycles. The SMILES string of the molecule is O=P(c1c(Cl)cccc1Cl)(c1c(Cl)cccc1Cl)c1cccc2ccccc12. The van der Waals surface area contributed by atoms with Gasteiger partial charge in [0.1, 0.15) is 0 Å². The van der Waals surface area contributed by atoms with E-state index in [9.17, 15) is 4.57 Å². The maximum absolute atomic E-state index is 15.0. The molecule has 4 aromatic rings. The average molecular weight is 466 g/mol. The van der Waals surface area contributed by atoms with E-state index in [1.807, 2.05) is 42.5 Å². The molecule has 0 fully saturated rings. The van der Waals surface area contributed by atoms with Crippen LogP contribution in [0.25, 0.3) is 10.8 Å². The molecule has 0 spiro atoms. The van der Waals surface area contributed by atoms with E-state index in [0.29, 0.717) is 36.0 Å². The summed E-state index contributed by atoms with van der Waals surface area (Å²) in [6.45, 7) is 0. The van der Waals surface area contributed by atoms with E-state index in [4.69, 9.17) is 46.4 Å². The van der Waals surface area contributed by atoms with E-state index in [1.165, 1.54) is 0 Å². The van der Waals surface area contributed by atoms with Crippen LogP contribution in [0.4, 0.5) is 0 Å². The van der Waals surface area contributed by atoms with E-state index < -0.39 is 7.14 Å². The molecule has 0 aliphatic heterocycles. The van der Waals surface area contributed by atoms with Crippen molar-refractivity contribution in [2.45, 2.75) is 0 Å². The Balaban J connectivity index is 2.22. The van der Waals surface area contributed by atoms with Gasteiger partial charge in [0.2, 0.25) is 0 Å². The third-order valence-electron chi connectivity index (χ3n) is 4.61. The van der Waals surface area contributed by atoms with Crippen molar-refractivity contribution in [3.8, 4) is 0 Å². The lowest BCUT2D eigenvalue weighted by atomic mass is 10.1. The summed E-state index contributed by atoms with van der Waals surface area (Å²) in [5.74, 6) is 0. The Hall–Kier alpha value is -1.47. The highest BCUT2D eigenvalue weighted by atomic mass is 35.5. The molecule has 0 N–H and O–H groups in total. The van der Waals surface area contributed by atoms with Crippen LogP contribution in [0.1, 0.15) is 0 Å². The van der Waals surface area contributed by atoms with Crippen molar-refractivity contribution in [2.75, 3.05) is 0 Å². The summed E-state index contributed by atoms with van der Waals surface area (Å²) in [5, 5.41) is 4.27. The molecular weight excluding hydrogens is 453 g/mol. The van der Waals surface area contributed by atoms with E-state index >= 15 is 0 Å². The second-order valence-corrected chi connectivity index (χ2v) is 10.5. The summed E-state index contributed by atoms with van der Waals surface area (Å²) < 4.78 is 15.0. The van der Waals surface area contributed by atoms with Crippen molar-refractivity contribution in [3.63, 3.8) is 0 Å². The first-order chi connectivity index (χ1) is 13.4. The van der Waals surface area contributed by atoms with Gasteiger partial charge in [0.25, 0.3) is 0 Å². The zero-order chi connectivity index (χ0) is 19.9. The zero-order valence-corrected chi connectivity index (χ0v) is 18.3. The monoisotopic (exact) mass is 464 g/mol. The predicted octanol–water partition coefficient (Wildman–Crippen LogP) is 7.09. The van der Waals surface area contributed by atoms with E-state index in [1.54, 1.807) is 36.4 Å². The minimum atomic E-state index is -3.60. The Bertz CT molecular complexity index is 1150. The third kappa shape index (κ3) is 3.16. The van der Waals surface area contributed by atoms with Crippen LogP contribution in [0.3, 0.4) is 0 Å². The van der Waals surface area contributed by atoms with Gasteiger partial charge in [0.05, 0.1) is 30.7 Å². The third-order valence-corrected chi connectivity index (χ3v) is 9.69. The first-order valence-corrected chi connectivity index (χ1v) is 11.6. The number of hydrogen-bond donors (Lipinski definition) is 0. The first-order valence-electron chi connectivity index (χ1n) is 8.42. The first kappa shape index (κ1) is 19.8. The molecule has 0 saturated heterocycles. The Morgan fingerprint density at radius 1 is 0.536 bits per heavy atom. The highest BCUT2D eigenvalue weighted by Gasteiger charge is 2.38. The lowest BCUT2D eigenvalue weighted by Gasteiger charge is -2.25. The number of rotatable bonds is 3. The van der Waals surface area contributed by atoms with Crippen molar-refractivity contribution < 1.29 is 4.57 Å². The van der Waals surface area contributed by atoms with Gasteiger partial charge in [-0.3, -0.25) is 0 Å². The van der Waals surface area contributed by atoms with Crippen LogP contribution in [0.15, 0.2) is 78.9 Å². The van der Waals surface area contributed by atoms with Crippen molar-refractivity contribution in [3.05, 3.63) is 99.0 Å². The lowest BCUT2D eigenvalue weighted by Crippen LogP contribution is -2.28. The average Bonchev–Trinajstić information content (AvgIpc) is 2.67. The normalized spacial score (nSPS) is 11.7. The summed E-state index contributed by atoms with van der Waals surface area (Å²) in [5.41, 5.74) is 0. The van der Waals surface area contributed by atoms with Gasteiger partial charge >= 0.3 is 0 Å². The number of hydrogen-bond acceptors (Lipinski definition) is 1. The molecule has 1 nitrogen and oxygen atoms in total. The molecule has 0 atom stereocenters. The van der Waals surface area contributed by atoms with E-state index in [2.05, 4.69) is 0 Å². The molecule has 0 aromatic heterocycles. The van der Waals surface area contributed by atoms with Crippen LogP contribution in [0.2, 0.25) is 20.1 Å². The van der Waals surface area contributed by atoms with E-state index in [-0.39, 0.29) is 0 Å². The van der Waals surface area contributed by atoms with Gasteiger partial charge in [0.15, 0.2) is 7.14 Å². The van der Waals surface area contributed by atoms with Crippen molar-refractivity contribution in [2.24, 2.45) is 0 Å². The second-order valence-electron chi connectivity index (χ2n) is 6.25. The molecule has 0 aliphatic carbocycles. The fraction of sp³-hybridized carbons (Fsp3) is 0. The summed E-state index contributed by atoms with van der Waals surface area (Å²) >= 11 is 26.1. The Morgan fingerprint density at radius 2 is 0.964 bits per heavy atom. The Morgan fingerprint density at radius 3 is 1.50 bits per heavy atom. The number of halogens is 4. The largest absolute Gasteiger partial charge is 0.308 e. The summed E-state index contributed by atoms with van der Waals surface area (Å²) in [7, 11) is -3.60. The Kier molecular flexibility index (Phi) is 5.49. The van der Waals surface area contributed by atoms with Gasteiger partial charge in [0, 0.05) is 5.30 Å². The van der Waals surface area contributed by atoms with Gasteiger partial charge in [-0.15, -0.1) is 0 Å². The molecular formula is C22H13Cl4OP. The second kappa shape index (κ2) is 7.75. The quantitative estimate of drug-likeness (QED) is 0.295. The summed E-state index contributed by atoms with van der Waals surface area (Å²) in [6, 6.07) is 23.5. The highest BCUT2D eigenvalue weighted by Crippen LogP contribution is 2.51. The van der Waals surface area contributed by atoms with E-state index in [0.717, 1.165) is 10.8 Å². The van der Waals surface area contributed by atoms with Gasteiger partial charge in [-0.2, -0.15) is 0 Å². The van der Waals surface area contributed by atoms with Crippen LogP contribution >= 0.6 is 53.5 Å². The molecule has 28 heavy (non-hydrogen) atoms. The van der Waals surface area contributed by atoms with Crippen LogP contribution in [-0.2, 0) is 4.57 Å². The van der Waals surface area contributed by atoms with Crippen molar-refractivity contribution in [1.82, 2.24) is 0 Å². The molecule has 0 aliphatic rings. The van der Waals surface area contributed by atoms with Gasteiger partial charge in [-0.05, 0) is 35.0 Å². The van der Waals surface area contributed by atoms with Crippen LogP contribution in [-0.4, -0.2) is 0 Å². The molecule has 0 saturated carbocycles. The molecule has 0 bridgehead atoms. The lowest BCUT2D eigenvalue weighted by molar-refractivity contribution is 0.592. The van der Waals surface area contributed by atoms with Gasteiger partial charge < -0.3 is 4.57 Å². The molecule has 0 radical (unpaired) electrons. The molecule has 6 heteroatoms. The summed E-state index contributed by atoms with van der Waals surface area (Å²) in [6.07, 6.45) is 0. The molecule has 140 valence electrons. The van der Waals surface area contributed by atoms with Crippen molar-refractivity contribution >= 4 is 80.2 Å². The minimum absolute atomic E-state index is 0.305. The Labute approximate surface area is 183 Å².